The number of aldehydes is 1. The zero-order valence-corrected chi connectivity index (χ0v) is 27.6. The van der Waals surface area contributed by atoms with Crippen molar-refractivity contribution in [2.24, 2.45) is 0 Å². The van der Waals surface area contributed by atoms with E-state index in [1.165, 1.54) is 77.0 Å². The number of halogens is 3. The zero-order valence-electron chi connectivity index (χ0n) is 27.6. The first-order valence-electron chi connectivity index (χ1n) is 17.6. The van der Waals surface area contributed by atoms with Crippen molar-refractivity contribution in [1.29, 1.82) is 0 Å². The summed E-state index contributed by atoms with van der Waals surface area (Å²) in [6, 6.07) is 3.31. The van der Waals surface area contributed by atoms with Gasteiger partial charge in [-0.05, 0) is 43.2 Å². The van der Waals surface area contributed by atoms with Crippen LogP contribution in [-0.4, -0.2) is 34.2 Å². The van der Waals surface area contributed by atoms with Gasteiger partial charge in [-0.2, -0.15) is 13.2 Å². The number of alkyl halides is 3. The molecule has 1 saturated carbocycles. The third-order valence-electron chi connectivity index (χ3n) is 8.84. The van der Waals surface area contributed by atoms with Gasteiger partial charge in [0.2, 0.25) is 11.7 Å². The molecule has 1 N–H and O–H groups in total. The first kappa shape index (κ1) is 36.8. The summed E-state index contributed by atoms with van der Waals surface area (Å²) in [5.41, 5.74) is 0.159. The molecular weight excluding hydrogens is 581 g/mol. The van der Waals surface area contributed by atoms with Crippen LogP contribution in [0.5, 0.6) is 17.4 Å². The number of carbonyl (C=O) groups is 1. The number of carbonyl (C=O) groups excluding carboxylic acids is 1. The van der Waals surface area contributed by atoms with Crippen molar-refractivity contribution >= 4 is 6.29 Å². The fourth-order valence-corrected chi connectivity index (χ4v) is 6.33. The molecule has 0 saturated heterocycles. The number of hydrogen-bond donors (Lipinski definition) is 1. The molecule has 1 aliphatic rings. The van der Waals surface area contributed by atoms with Gasteiger partial charge in [-0.15, -0.1) is 0 Å². The molecule has 1 heterocycles. The molecule has 6 nitrogen and oxygen atoms in total. The van der Waals surface area contributed by atoms with Crippen molar-refractivity contribution < 1.29 is 32.5 Å². The van der Waals surface area contributed by atoms with Gasteiger partial charge in [-0.3, -0.25) is 9.36 Å². The molecule has 0 unspecified atom stereocenters. The van der Waals surface area contributed by atoms with Crippen molar-refractivity contribution in [1.82, 2.24) is 9.55 Å². The molecule has 0 radical (unpaired) electrons. The second kappa shape index (κ2) is 19.7. The van der Waals surface area contributed by atoms with Crippen molar-refractivity contribution in [2.45, 2.75) is 154 Å². The highest BCUT2D eigenvalue weighted by atomic mass is 19.4. The number of benzene rings is 1. The number of rotatable bonds is 22. The Hall–Kier alpha value is -2.71. The van der Waals surface area contributed by atoms with Crippen LogP contribution in [0.4, 0.5) is 13.2 Å². The Morgan fingerprint density at radius 2 is 1.36 bits per heavy atom. The molecule has 1 fully saturated rings. The lowest BCUT2D eigenvalue weighted by molar-refractivity contribution is -0.146. The highest BCUT2D eigenvalue weighted by Crippen LogP contribution is 2.44. The summed E-state index contributed by atoms with van der Waals surface area (Å²) < 4.78 is 55.0. The minimum atomic E-state index is -4.89. The molecule has 1 aromatic carbocycles. The first-order valence-corrected chi connectivity index (χ1v) is 17.6. The average Bonchev–Trinajstić information content (AvgIpc) is 3.38. The molecule has 0 spiro atoms. The molecule has 45 heavy (non-hydrogen) atoms. The molecule has 1 aliphatic carbocycles. The molecule has 1 aromatic heterocycles. The van der Waals surface area contributed by atoms with E-state index in [0.29, 0.717) is 23.3 Å². The second-order valence-electron chi connectivity index (χ2n) is 12.6. The van der Waals surface area contributed by atoms with Crippen LogP contribution >= 0.6 is 0 Å². The zero-order chi connectivity index (χ0) is 32.5. The maximum atomic E-state index is 14.0. The van der Waals surface area contributed by atoms with Crippen molar-refractivity contribution in [3.8, 4) is 23.1 Å². The van der Waals surface area contributed by atoms with Gasteiger partial charge >= 0.3 is 6.18 Å². The fourth-order valence-electron chi connectivity index (χ4n) is 6.33. The minimum absolute atomic E-state index is 0.0123. The Bertz CT molecular complexity index is 1140. The van der Waals surface area contributed by atoms with E-state index in [4.69, 9.17) is 9.47 Å². The summed E-state index contributed by atoms with van der Waals surface area (Å²) in [7, 11) is 0. The number of imidazole rings is 1. The average molecular weight is 637 g/mol. The van der Waals surface area contributed by atoms with Gasteiger partial charge in [-0.1, -0.05) is 117 Å². The molecule has 254 valence electrons. The van der Waals surface area contributed by atoms with E-state index in [1.54, 1.807) is 12.1 Å². The summed E-state index contributed by atoms with van der Waals surface area (Å²) in [5.74, 6) is -1.33. The Kier molecular flexibility index (Phi) is 16.1. The third kappa shape index (κ3) is 11.5. The first-order chi connectivity index (χ1) is 21.8. The molecule has 9 heteroatoms. The summed E-state index contributed by atoms with van der Waals surface area (Å²) in [5, 5.41) is 10.7. The van der Waals surface area contributed by atoms with Crippen LogP contribution in [0.15, 0.2) is 12.1 Å². The summed E-state index contributed by atoms with van der Waals surface area (Å²) >= 11 is 0. The largest absolute Gasteiger partial charge is 0.493 e. The quantitative estimate of drug-likeness (QED) is 0.103. The number of nitrogens with zero attached hydrogens (tertiary/aromatic N) is 2. The topological polar surface area (TPSA) is 73.6 Å². The van der Waals surface area contributed by atoms with Gasteiger partial charge < -0.3 is 14.6 Å². The Labute approximate surface area is 268 Å². The van der Waals surface area contributed by atoms with Crippen LogP contribution in [0.3, 0.4) is 0 Å². The molecule has 0 aliphatic heterocycles. The lowest BCUT2D eigenvalue weighted by atomic mass is 9.83. The normalized spacial score (nSPS) is 14.2. The fraction of sp³-hybridized carbons (Fsp3) is 0.722. The Balaban J connectivity index is 1.65. The maximum absolute atomic E-state index is 14.0. The molecular formula is C36H55F3N2O4. The van der Waals surface area contributed by atoms with Gasteiger partial charge in [-0.25, -0.2) is 4.98 Å². The molecule has 0 amide bonds. The SMILES string of the molecule is CCCCCCCCCCCCCCCCOc1cc(OCCC)c(-n2c(C(F)(F)F)nc(C=O)c2O)cc1C1CCCCC1. The molecule has 0 bridgehead atoms. The van der Waals surface area contributed by atoms with E-state index in [0.717, 1.165) is 50.5 Å². The summed E-state index contributed by atoms with van der Waals surface area (Å²) in [6.45, 7) is 4.95. The van der Waals surface area contributed by atoms with Gasteiger partial charge in [0.1, 0.15) is 11.5 Å². The number of aromatic nitrogens is 2. The van der Waals surface area contributed by atoms with Crippen molar-refractivity contribution in [3.63, 3.8) is 0 Å². The highest BCUT2D eigenvalue weighted by Gasteiger charge is 2.40. The minimum Gasteiger partial charge on any atom is -0.493 e. The van der Waals surface area contributed by atoms with Crippen molar-refractivity contribution in [3.05, 3.63) is 29.2 Å². The van der Waals surface area contributed by atoms with Crippen LogP contribution in [0.1, 0.15) is 170 Å². The van der Waals surface area contributed by atoms with Gasteiger partial charge in [0, 0.05) is 6.07 Å². The molecule has 3 rings (SSSR count). The Morgan fingerprint density at radius 3 is 1.89 bits per heavy atom. The van der Waals surface area contributed by atoms with E-state index < -0.39 is 23.6 Å². The maximum Gasteiger partial charge on any atom is 0.450 e. The smallest absolute Gasteiger partial charge is 0.450 e. The third-order valence-corrected chi connectivity index (χ3v) is 8.84. The van der Waals surface area contributed by atoms with Gasteiger partial charge in [0.15, 0.2) is 12.0 Å². The van der Waals surface area contributed by atoms with E-state index in [2.05, 4.69) is 11.9 Å². The van der Waals surface area contributed by atoms with Crippen LogP contribution < -0.4 is 9.47 Å². The highest BCUT2D eigenvalue weighted by molar-refractivity contribution is 5.76. The van der Waals surface area contributed by atoms with Crippen LogP contribution in [0.2, 0.25) is 0 Å². The lowest BCUT2D eigenvalue weighted by Crippen LogP contribution is -2.16. The second-order valence-corrected chi connectivity index (χ2v) is 12.6. The molecule has 0 atom stereocenters. The predicted octanol–water partition coefficient (Wildman–Crippen LogP) is 11.1. The monoisotopic (exact) mass is 636 g/mol. The van der Waals surface area contributed by atoms with Crippen LogP contribution in [0.25, 0.3) is 5.69 Å². The van der Waals surface area contributed by atoms with E-state index in [9.17, 15) is 23.1 Å². The standard InChI is InChI=1S/C36H55F3N2O4/c1-3-5-6-7-8-9-10-11-12-13-14-15-16-20-24-45-32-26-33(44-23-4-2)31(25-29(32)28-21-18-17-19-22-28)41-34(43)30(27-42)40-35(41)36(37,38)39/h25-28,43H,3-24H2,1-2H3. The Morgan fingerprint density at radius 1 is 0.800 bits per heavy atom. The summed E-state index contributed by atoms with van der Waals surface area (Å²) in [6.07, 6.45) is 18.7. The van der Waals surface area contributed by atoms with E-state index in [1.807, 2.05) is 6.92 Å². The van der Waals surface area contributed by atoms with Crippen molar-refractivity contribution in [2.75, 3.05) is 13.2 Å². The number of aromatic hydroxyl groups is 1. The number of hydrogen-bond acceptors (Lipinski definition) is 5. The van der Waals surface area contributed by atoms with Gasteiger partial charge in [0.25, 0.3) is 0 Å². The number of ether oxygens (including phenoxy) is 2. The van der Waals surface area contributed by atoms with Gasteiger partial charge in [0.05, 0.1) is 18.9 Å². The van der Waals surface area contributed by atoms with Crippen LogP contribution in [-0.2, 0) is 6.18 Å². The van der Waals surface area contributed by atoms with Crippen LogP contribution in [0, 0.1) is 0 Å². The van der Waals surface area contributed by atoms with E-state index >= 15 is 0 Å². The summed E-state index contributed by atoms with van der Waals surface area (Å²) in [4.78, 5) is 14.9. The van der Waals surface area contributed by atoms with E-state index in [-0.39, 0.29) is 30.2 Å². The number of unbranched alkanes of at least 4 members (excludes halogenated alkanes) is 13. The lowest BCUT2D eigenvalue weighted by Gasteiger charge is -2.26. The predicted molar refractivity (Wildman–Crippen MR) is 173 cm³/mol. The molecule has 2 aromatic rings.